The van der Waals surface area contributed by atoms with Crippen LogP contribution in [-0.2, 0) is 19.7 Å². The Morgan fingerprint density at radius 1 is 1.39 bits per heavy atom. The highest BCUT2D eigenvalue weighted by Crippen LogP contribution is 2.47. The zero-order chi connectivity index (χ0) is 17.3. The first-order valence-electron chi connectivity index (χ1n) is 8.04. The zero-order valence-electron chi connectivity index (χ0n) is 13.9. The maximum Gasteiger partial charge on any atom is 0.407 e. The minimum absolute atomic E-state index is 0.301. The molecule has 0 bridgehead atoms. The minimum atomic E-state index is -4.64. The SMILES string of the molecule is CC(C)(C)OC(=O)NC(C1CCCO1)C1(CS(=O)(=O)F)CCC1. The first-order valence-corrected chi connectivity index (χ1v) is 9.60. The van der Waals surface area contributed by atoms with Crippen molar-refractivity contribution in [1.82, 2.24) is 5.32 Å². The van der Waals surface area contributed by atoms with E-state index in [1.54, 1.807) is 20.8 Å². The lowest BCUT2D eigenvalue weighted by Crippen LogP contribution is -2.59. The van der Waals surface area contributed by atoms with Crippen molar-refractivity contribution in [2.75, 3.05) is 12.4 Å². The second-order valence-electron chi connectivity index (χ2n) is 7.57. The molecule has 1 heterocycles. The molecule has 1 saturated heterocycles. The average Bonchev–Trinajstić information content (AvgIpc) is 2.81. The molecule has 2 aliphatic rings. The Balaban J connectivity index is 2.18. The van der Waals surface area contributed by atoms with E-state index in [0.717, 1.165) is 12.8 Å². The predicted molar refractivity (Wildman–Crippen MR) is 83.3 cm³/mol. The van der Waals surface area contributed by atoms with Crippen LogP contribution in [-0.4, -0.2) is 44.6 Å². The molecule has 2 rings (SSSR count). The fraction of sp³-hybridized carbons (Fsp3) is 0.933. The van der Waals surface area contributed by atoms with E-state index in [9.17, 15) is 17.1 Å². The molecule has 0 spiro atoms. The Labute approximate surface area is 137 Å². The third-order valence-electron chi connectivity index (χ3n) is 4.48. The normalized spacial score (nSPS) is 25.5. The van der Waals surface area contributed by atoms with Gasteiger partial charge in [0.25, 0.3) is 0 Å². The van der Waals surface area contributed by atoms with Crippen molar-refractivity contribution in [3.8, 4) is 0 Å². The molecule has 1 N–H and O–H groups in total. The summed E-state index contributed by atoms with van der Waals surface area (Å²) in [6.07, 6.45) is 2.55. The summed E-state index contributed by atoms with van der Waals surface area (Å²) < 4.78 is 46.7. The Hall–Kier alpha value is -0.890. The Morgan fingerprint density at radius 3 is 2.43 bits per heavy atom. The highest BCUT2D eigenvalue weighted by Gasteiger charge is 2.52. The number of halogens is 1. The molecule has 0 radical (unpaired) electrons. The summed E-state index contributed by atoms with van der Waals surface area (Å²) in [4.78, 5) is 12.1. The van der Waals surface area contributed by atoms with Gasteiger partial charge in [0.1, 0.15) is 5.60 Å². The second kappa shape index (κ2) is 6.55. The summed E-state index contributed by atoms with van der Waals surface area (Å²) in [5, 5.41) is 2.76. The quantitative estimate of drug-likeness (QED) is 0.770. The van der Waals surface area contributed by atoms with E-state index in [2.05, 4.69) is 5.32 Å². The van der Waals surface area contributed by atoms with E-state index in [-0.39, 0.29) is 6.10 Å². The molecule has 1 aliphatic carbocycles. The number of rotatable bonds is 5. The summed E-state index contributed by atoms with van der Waals surface area (Å²) >= 11 is 0. The summed E-state index contributed by atoms with van der Waals surface area (Å²) in [5.74, 6) is -0.583. The van der Waals surface area contributed by atoms with Gasteiger partial charge >= 0.3 is 16.3 Å². The van der Waals surface area contributed by atoms with Gasteiger partial charge in [-0.2, -0.15) is 8.42 Å². The van der Waals surface area contributed by atoms with Crippen molar-refractivity contribution in [2.45, 2.75) is 70.6 Å². The van der Waals surface area contributed by atoms with Gasteiger partial charge in [-0.25, -0.2) is 4.79 Å². The van der Waals surface area contributed by atoms with Crippen LogP contribution in [0.15, 0.2) is 0 Å². The molecule has 2 atom stereocenters. The van der Waals surface area contributed by atoms with Gasteiger partial charge in [-0.3, -0.25) is 0 Å². The maximum absolute atomic E-state index is 13.3. The van der Waals surface area contributed by atoms with E-state index < -0.39 is 39.1 Å². The predicted octanol–water partition coefficient (Wildman–Crippen LogP) is 2.53. The van der Waals surface area contributed by atoms with Crippen LogP contribution in [0.1, 0.15) is 52.9 Å². The van der Waals surface area contributed by atoms with Gasteiger partial charge in [-0.15, -0.1) is 3.89 Å². The third kappa shape index (κ3) is 5.04. The lowest BCUT2D eigenvalue weighted by atomic mass is 9.63. The van der Waals surface area contributed by atoms with E-state index in [0.29, 0.717) is 25.9 Å². The van der Waals surface area contributed by atoms with Crippen molar-refractivity contribution in [3.63, 3.8) is 0 Å². The molecule has 8 heteroatoms. The van der Waals surface area contributed by atoms with Gasteiger partial charge in [-0.1, -0.05) is 6.42 Å². The molecule has 1 aliphatic heterocycles. The van der Waals surface area contributed by atoms with E-state index >= 15 is 0 Å². The summed E-state index contributed by atoms with van der Waals surface area (Å²) in [6.45, 7) is 5.81. The van der Waals surface area contributed by atoms with Gasteiger partial charge in [0, 0.05) is 12.0 Å². The van der Waals surface area contributed by atoms with E-state index in [1.807, 2.05) is 0 Å². The lowest BCUT2D eigenvalue weighted by molar-refractivity contribution is -0.0157. The zero-order valence-corrected chi connectivity index (χ0v) is 14.7. The first-order chi connectivity index (χ1) is 10.5. The van der Waals surface area contributed by atoms with Gasteiger partial charge in [-0.05, 0) is 46.5 Å². The molecule has 0 aromatic carbocycles. The number of carbonyl (C=O) groups is 1. The van der Waals surface area contributed by atoms with Crippen LogP contribution in [0.5, 0.6) is 0 Å². The van der Waals surface area contributed by atoms with Gasteiger partial charge in [0.15, 0.2) is 0 Å². The van der Waals surface area contributed by atoms with Crippen molar-refractivity contribution in [3.05, 3.63) is 0 Å². The van der Waals surface area contributed by atoms with E-state index in [4.69, 9.17) is 9.47 Å². The van der Waals surface area contributed by atoms with Crippen LogP contribution in [0.4, 0.5) is 8.68 Å². The number of alkyl carbamates (subject to hydrolysis) is 1. The number of nitrogens with one attached hydrogen (secondary N) is 1. The fourth-order valence-corrected chi connectivity index (χ4v) is 4.61. The molecule has 1 saturated carbocycles. The van der Waals surface area contributed by atoms with Crippen molar-refractivity contribution in [1.29, 1.82) is 0 Å². The molecular weight excluding hydrogens is 325 g/mol. The highest BCUT2D eigenvalue weighted by molar-refractivity contribution is 7.86. The smallest absolute Gasteiger partial charge is 0.407 e. The van der Waals surface area contributed by atoms with Crippen LogP contribution >= 0.6 is 0 Å². The van der Waals surface area contributed by atoms with Crippen LogP contribution < -0.4 is 5.32 Å². The Bertz CT molecular complexity index is 533. The highest BCUT2D eigenvalue weighted by atomic mass is 32.3. The topological polar surface area (TPSA) is 81.7 Å². The number of carbonyl (C=O) groups excluding carboxylic acids is 1. The number of ether oxygens (including phenoxy) is 2. The molecular formula is C15H26FNO5S. The van der Waals surface area contributed by atoms with Crippen molar-refractivity contribution >= 4 is 16.3 Å². The standard InChI is InChI=1S/C15H26FNO5S/c1-14(2,3)22-13(18)17-12(11-6-4-9-21-11)15(7-5-8-15)10-23(16,19)20/h11-12H,4-10H2,1-3H3,(H,17,18). The summed E-state index contributed by atoms with van der Waals surface area (Å²) in [5.41, 5.74) is -1.47. The Kier molecular flexibility index (Phi) is 5.25. The minimum Gasteiger partial charge on any atom is -0.444 e. The lowest BCUT2D eigenvalue weighted by Gasteiger charge is -2.48. The monoisotopic (exact) mass is 351 g/mol. The summed E-state index contributed by atoms with van der Waals surface area (Å²) in [7, 11) is -4.64. The van der Waals surface area contributed by atoms with Crippen molar-refractivity contribution in [2.24, 2.45) is 5.41 Å². The second-order valence-corrected chi connectivity index (χ2v) is 8.94. The fourth-order valence-electron chi connectivity index (χ4n) is 3.46. The molecule has 134 valence electrons. The molecule has 1 amide bonds. The Morgan fingerprint density at radius 2 is 2.04 bits per heavy atom. The van der Waals surface area contributed by atoms with Crippen molar-refractivity contribution < 1.29 is 26.6 Å². The van der Waals surface area contributed by atoms with Crippen LogP contribution in [0.2, 0.25) is 0 Å². The largest absolute Gasteiger partial charge is 0.444 e. The third-order valence-corrected chi connectivity index (χ3v) is 5.40. The number of amides is 1. The number of hydrogen-bond donors (Lipinski definition) is 1. The maximum atomic E-state index is 13.3. The molecule has 6 nitrogen and oxygen atoms in total. The van der Waals surface area contributed by atoms with Crippen LogP contribution in [0.3, 0.4) is 0 Å². The first kappa shape index (κ1) is 18.4. The average molecular weight is 351 g/mol. The van der Waals surface area contributed by atoms with Gasteiger partial charge in [0.05, 0.1) is 17.9 Å². The molecule has 23 heavy (non-hydrogen) atoms. The van der Waals surface area contributed by atoms with Crippen LogP contribution in [0, 0.1) is 5.41 Å². The molecule has 0 aromatic rings. The van der Waals surface area contributed by atoms with E-state index in [1.165, 1.54) is 0 Å². The van der Waals surface area contributed by atoms with Gasteiger partial charge < -0.3 is 14.8 Å². The molecule has 2 unspecified atom stereocenters. The molecule has 2 fully saturated rings. The molecule has 0 aromatic heterocycles. The van der Waals surface area contributed by atoms with Crippen LogP contribution in [0.25, 0.3) is 0 Å². The van der Waals surface area contributed by atoms with Gasteiger partial charge in [0.2, 0.25) is 0 Å². The number of hydrogen-bond acceptors (Lipinski definition) is 5. The summed E-state index contributed by atoms with van der Waals surface area (Å²) in [6, 6.07) is -0.556.